The zero-order valence-electron chi connectivity index (χ0n) is 12.6. The molecule has 0 aliphatic carbocycles. The predicted molar refractivity (Wildman–Crippen MR) is 87.1 cm³/mol. The van der Waals surface area contributed by atoms with Crippen LogP contribution in [0, 0.1) is 0 Å². The number of anilines is 1. The van der Waals surface area contributed by atoms with E-state index < -0.39 is 0 Å². The molecule has 21 heavy (non-hydrogen) atoms. The van der Waals surface area contributed by atoms with Gasteiger partial charge in [-0.15, -0.1) is 0 Å². The first kappa shape index (κ1) is 16.6. The molecule has 1 aromatic carbocycles. The van der Waals surface area contributed by atoms with Gasteiger partial charge in [0.1, 0.15) is 0 Å². The third-order valence-corrected chi connectivity index (χ3v) is 4.30. The van der Waals surface area contributed by atoms with E-state index in [-0.39, 0.29) is 12.6 Å². The summed E-state index contributed by atoms with van der Waals surface area (Å²) < 4.78 is 5.05. The summed E-state index contributed by atoms with van der Waals surface area (Å²) in [5.41, 5.74) is 2.25. The second-order valence-electron chi connectivity index (χ2n) is 5.44. The summed E-state index contributed by atoms with van der Waals surface area (Å²) in [7, 11) is 1.70. The Morgan fingerprint density at radius 1 is 1.43 bits per heavy atom. The average Bonchev–Trinajstić information content (AvgIpc) is 2.52. The molecular weight excluding hydrogens is 288 g/mol. The molecule has 1 heterocycles. The number of piperidine rings is 1. The summed E-state index contributed by atoms with van der Waals surface area (Å²) in [4.78, 5) is 2.28. The Morgan fingerprint density at radius 2 is 2.29 bits per heavy atom. The minimum atomic E-state index is 0.177. The second-order valence-corrected chi connectivity index (χ2v) is 5.85. The van der Waals surface area contributed by atoms with Gasteiger partial charge in [-0.05, 0) is 30.9 Å². The van der Waals surface area contributed by atoms with Gasteiger partial charge in [0.05, 0.1) is 30.0 Å². The van der Waals surface area contributed by atoms with E-state index in [1.165, 1.54) is 12.0 Å². The standard InChI is InChI=1S/C16H25ClN2O2/c1-21-10-8-18-11-13-5-4-7-15(17)16(13)19-9-3-2-6-14(19)12-20/h4-5,7,14,18,20H,2-3,6,8-12H2,1H3. The van der Waals surface area contributed by atoms with Crippen LogP contribution in [0.1, 0.15) is 24.8 Å². The lowest BCUT2D eigenvalue weighted by Gasteiger charge is -2.38. The third kappa shape index (κ3) is 4.33. The van der Waals surface area contributed by atoms with Gasteiger partial charge in [0.15, 0.2) is 0 Å². The van der Waals surface area contributed by atoms with Gasteiger partial charge in [0, 0.05) is 26.7 Å². The van der Waals surface area contributed by atoms with Crippen LogP contribution in [0.5, 0.6) is 0 Å². The molecule has 5 heteroatoms. The van der Waals surface area contributed by atoms with Crippen LogP contribution >= 0.6 is 11.6 Å². The third-order valence-electron chi connectivity index (χ3n) is 3.99. The van der Waals surface area contributed by atoms with Crippen molar-refractivity contribution in [1.29, 1.82) is 0 Å². The fraction of sp³-hybridized carbons (Fsp3) is 0.625. The normalized spacial score (nSPS) is 19.0. The van der Waals surface area contributed by atoms with E-state index in [0.29, 0.717) is 6.61 Å². The molecule has 1 unspecified atom stereocenters. The van der Waals surface area contributed by atoms with Gasteiger partial charge in [-0.3, -0.25) is 0 Å². The van der Waals surface area contributed by atoms with E-state index in [0.717, 1.165) is 43.2 Å². The zero-order valence-corrected chi connectivity index (χ0v) is 13.4. The predicted octanol–water partition coefficient (Wildman–Crippen LogP) is 2.43. The van der Waals surface area contributed by atoms with Gasteiger partial charge >= 0.3 is 0 Å². The van der Waals surface area contributed by atoms with Crippen LogP contribution < -0.4 is 10.2 Å². The molecule has 118 valence electrons. The van der Waals surface area contributed by atoms with Gasteiger partial charge in [0.25, 0.3) is 0 Å². The Bertz CT molecular complexity index is 442. The van der Waals surface area contributed by atoms with Crippen molar-refractivity contribution in [2.24, 2.45) is 0 Å². The quantitative estimate of drug-likeness (QED) is 0.759. The number of ether oxygens (including phenoxy) is 1. The van der Waals surface area contributed by atoms with Crippen molar-refractivity contribution in [3.05, 3.63) is 28.8 Å². The van der Waals surface area contributed by atoms with Crippen molar-refractivity contribution in [3.8, 4) is 0 Å². The highest BCUT2D eigenvalue weighted by Gasteiger charge is 2.25. The van der Waals surface area contributed by atoms with Crippen LogP contribution in [0.4, 0.5) is 5.69 Å². The lowest BCUT2D eigenvalue weighted by atomic mass is 10.00. The lowest BCUT2D eigenvalue weighted by Crippen LogP contribution is -2.42. The minimum absolute atomic E-state index is 0.177. The molecule has 1 aromatic rings. The fourth-order valence-electron chi connectivity index (χ4n) is 2.91. The van der Waals surface area contributed by atoms with E-state index in [2.05, 4.69) is 16.3 Å². The Balaban J connectivity index is 2.16. The summed E-state index contributed by atoms with van der Waals surface area (Å²) in [6, 6.07) is 6.19. The van der Waals surface area contributed by atoms with Gasteiger partial charge < -0.3 is 20.1 Å². The molecule has 0 aromatic heterocycles. The van der Waals surface area contributed by atoms with Crippen molar-refractivity contribution in [2.45, 2.75) is 31.8 Å². The molecule has 0 radical (unpaired) electrons. The number of aliphatic hydroxyl groups excluding tert-OH is 1. The molecule has 0 amide bonds. The Kier molecular flexibility index (Phi) is 6.77. The van der Waals surface area contributed by atoms with Crippen LogP contribution in [0.15, 0.2) is 18.2 Å². The van der Waals surface area contributed by atoms with Gasteiger partial charge in [0.2, 0.25) is 0 Å². The second kappa shape index (κ2) is 8.59. The number of halogens is 1. The van der Waals surface area contributed by atoms with Crippen LogP contribution in [-0.2, 0) is 11.3 Å². The smallest absolute Gasteiger partial charge is 0.0643 e. The summed E-state index contributed by atoms with van der Waals surface area (Å²) in [5, 5.41) is 13.8. The van der Waals surface area contributed by atoms with Crippen LogP contribution in [0.3, 0.4) is 0 Å². The number of para-hydroxylation sites is 1. The van der Waals surface area contributed by atoms with Crippen LogP contribution in [0.25, 0.3) is 0 Å². The highest BCUT2D eigenvalue weighted by Crippen LogP contribution is 2.34. The van der Waals surface area contributed by atoms with E-state index in [9.17, 15) is 5.11 Å². The molecule has 2 N–H and O–H groups in total. The van der Waals surface area contributed by atoms with Gasteiger partial charge in [-0.25, -0.2) is 0 Å². The van der Waals surface area contributed by atoms with Crippen molar-refractivity contribution in [2.75, 3.05) is 38.3 Å². The molecule has 1 saturated heterocycles. The van der Waals surface area contributed by atoms with E-state index in [1.54, 1.807) is 7.11 Å². The summed E-state index contributed by atoms with van der Waals surface area (Å²) in [6.07, 6.45) is 3.35. The highest BCUT2D eigenvalue weighted by molar-refractivity contribution is 6.33. The Labute approximate surface area is 132 Å². The van der Waals surface area contributed by atoms with Gasteiger partial charge in [-0.2, -0.15) is 0 Å². The number of benzene rings is 1. The highest BCUT2D eigenvalue weighted by atomic mass is 35.5. The number of hydrogen-bond acceptors (Lipinski definition) is 4. The molecule has 0 bridgehead atoms. The Hall–Kier alpha value is -0.810. The number of nitrogens with one attached hydrogen (secondary N) is 1. The fourth-order valence-corrected chi connectivity index (χ4v) is 3.21. The molecule has 4 nitrogen and oxygen atoms in total. The lowest BCUT2D eigenvalue weighted by molar-refractivity contribution is 0.199. The molecule has 1 atom stereocenters. The first-order valence-electron chi connectivity index (χ1n) is 7.62. The maximum Gasteiger partial charge on any atom is 0.0643 e. The maximum absolute atomic E-state index is 9.63. The topological polar surface area (TPSA) is 44.7 Å². The largest absolute Gasteiger partial charge is 0.394 e. The monoisotopic (exact) mass is 312 g/mol. The maximum atomic E-state index is 9.63. The number of methoxy groups -OCH3 is 1. The molecule has 2 rings (SSSR count). The van der Waals surface area contributed by atoms with Crippen LogP contribution in [-0.4, -0.2) is 44.6 Å². The Morgan fingerprint density at radius 3 is 3.05 bits per heavy atom. The zero-order chi connectivity index (χ0) is 15.1. The number of hydrogen-bond donors (Lipinski definition) is 2. The molecule has 0 spiro atoms. The first-order chi connectivity index (χ1) is 10.3. The number of nitrogens with zero attached hydrogens (tertiary/aromatic N) is 1. The molecule has 1 aliphatic rings. The molecule has 1 fully saturated rings. The molecular formula is C16H25ClN2O2. The van der Waals surface area contributed by atoms with Crippen molar-refractivity contribution in [1.82, 2.24) is 5.32 Å². The van der Waals surface area contributed by atoms with Crippen molar-refractivity contribution >= 4 is 17.3 Å². The molecule has 1 aliphatic heterocycles. The van der Waals surface area contributed by atoms with Crippen molar-refractivity contribution in [3.63, 3.8) is 0 Å². The van der Waals surface area contributed by atoms with Crippen LogP contribution in [0.2, 0.25) is 5.02 Å². The summed E-state index contributed by atoms with van der Waals surface area (Å²) >= 11 is 6.45. The van der Waals surface area contributed by atoms with E-state index in [4.69, 9.17) is 16.3 Å². The van der Waals surface area contributed by atoms with Gasteiger partial charge in [-0.1, -0.05) is 23.7 Å². The van der Waals surface area contributed by atoms with Crippen molar-refractivity contribution < 1.29 is 9.84 Å². The summed E-state index contributed by atoms with van der Waals surface area (Å²) in [6.45, 7) is 3.40. The summed E-state index contributed by atoms with van der Waals surface area (Å²) in [5.74, 6) is 0. The number of aliphatic hydroxyl groups is 1. The van der Waals surface area contributed by atoms with E-state index >= 15 is 0 Å². The molecule has 0 saturated carbocycles. The average molecular weight is 313 g/mol. The first-order valence-corrected chi connectivity index (χ1v) is 8.00. The SMILES string of the molecule is COCCNCc1cccc(Cl)c1N1CCCCC1CO. The minimum Gasteiger partial charge on any atom is -0.394 e. The number of rotatable bonds is 7. The van der Waals surface area contributed by atoms with E-state index in [1.807, 2.05) is 12.1 Å².